The van der Waals surface area contributed by atoms with Crippen molar-refractivity contribution < 1.29 is 12.8 Å². The van der Waals surface area contributed by atoms with Gasteiger partial charge in [0, 0.05) is 12.4 Å². The number of hydrogen-bond donors (Lipinski definition) is 1. The van der Waals surface area contributed by atoms with Gasteiger partial charge in [0.05, 0.1) is 0 Å². The highest BCUT2D eigenvalue weighted by Crippen LogP contribution is 2.16. The molecule has 0 bridgehead atoms. The molecule has 1 aromatic carbocycles. The number of hydrogen-bond acceptors (Lipinski definition) is 2. The van der Waals surface area contributed by atoms with Crippen molar-refractivity contribution in [1.29, 1.82) is 0 Å². The largest absolute Gasteiger partial charge is 0.243 e. The Morgan fingerprint density at radius 1 is 1.47 bits per heavy atom. The molecule has 0 spiro atoms. The van der Waals surface area contributed by atoms with Crippen LogP contribution in [0.5, 0.6) is 0 Å². The van der Waals surface area contributed by atoms with Gasteiger partial charge in [0.2, 0.25) is 10.0 Å². The van der Waals surface area contributed by atoms with E-state index in [-0.39, 0.29) is 17.3 Å². The van der Waals surface area contributed by atoms with E-state index >= 15 is 0 Å². The number of halogens is 2. The number of alkyl halides is 1. The minimum absolute atomic E-state index is 0.151. The molecule has 15 heavy (non-hydrogen) atoms. The summed E-state index contributed by atoms with van der Waals surface area (Å²) in [7, 11) is -3.73. The van der Waals surface area contributed by atoms with Gasteiger partial charge in [0.15, 0.2) is 0 Å². The van der Waals surface area contributed by atoms with E-state index in [1.165, 1.54) is 12.1 Å². The average molecular weight is 252 g/mol. The molecular formula is C9H11ClFNO2S. The lowest BCUT2D eigenvalue weighted by atomic mass is 10.2. The van der Waals surface area contributed by atoms with E-state index in [1.54, 1.807) is 6.92 Å². The molecule has 1 rings (SSSR count). The first-order chi connectivity index (χ1) is 7.01. The fourth-order valence-corrected chi connectivity index (χ4v) is 2.38. The van der Waals surface area contributed by atoms with Gasteiger partial charge in [-0.1, -0.05) is 13.0 Å². The van der Waals surface area contributed by atoms with Crippen LogP contribution < -0.4 is 4.72 Å². The minimum atomic E-state index is -3.73. The monoisotopic (exact) mass is 251 g/mol. The van der Waals surface area contributed by atoms with Gasteiger partial charge in [-0.2, -0.15) is 0 Å². The smallest absolute Gasteiger partial charge is 0.211 e. The topological polar surface area (TPSA) is 46.2 Å². The summed E-state index contributed by atoms with van der Waals surface area (Å²) in [6, 6.07) is 3.82. The number of sulfonamides is 1. The van der Waals surface area contributed by atoms with Gasteiger partial charge < -0.3 is 0 Å². The molecule has 0 aliphatic carbocycles. The third-order valence-electron chi connectivity index (χ3n) is 1.77. The summed E-state index contributed by atoms with van der Waals surface area (Å²) in [4.78, 5) is -0.349. The molecule has 0 unspecified atom stereocenters. The predicted molar refractivity (Wildman–Crippen MR) is 56.8 cm³/mol. The van der Waals surface area contributed by atoms with Gasteiger partial charge in [-0.15, -0.1) is 11.6 Å². The average Bonchev–Trinajstić information content (AvgIpc) is 2.17. The molecule has 0 aliphatic heterocycles. The maximum absolute atomic E-state index is 13.4. The summed E-state index contributed by atoms with van der Waals surface area (Å²) >= 11 is 5.49. The van der Waals surface area contributed by atoms with Crippen molar-refractivity contribution in [3.05, 3.63) is 29.6 Å². The van der Waals surface area contributed by atoms with Crippen LogP contribution in [0.4, 0.5) is 4.39 Å². The molecular weight excluding hydrogens is 241 g/mol. The third kappa shape index (κ3) is 2.90. The molecule has 0 aromatic heterocycles. The van der Waals surface area contributed by atoms with Crippen LogP contribution in [0.2, 0.25) is 0 Å². The Hall–Kier alpha value is -0.650. The molecule has 3 nitrogen and oxygen atoms in total. The van der Waals surface area contributed by atoms with E-state index in [4.69, 9.17) is 11.6 Å². The van der Waals surface area contributed by atoms with Crippen molar-refractivity contribution >= 4 is 21.6 Å². The first-order valence-corrected chi connectivity index (χ1v) is 6.37. The first kappa shape index (κ1) is 12.4. The van der Waals surface area contributed by atoms with E-state index in [1.807, 2.05) is 0 Å². The van der Waals surface area contributed by atoms with Crippen LogP contribution in [-0.2, 0) is 15.9 Å². The molecule has 0 amide bonds. The van der Waals surface area contributed by atoms with Gasteiger partial charge in [-0.25, -0.2) is 17.5 Å². The van der Waals surface area contributed by atoms with Crippen molar-refractivity contribution in [2.75, 3.05) is 6.54 Å². The lowest BCUT2D eigenvalue weighted by molar-refractivity contribution is 0.558. The SMILES string of the molecule is CCNS(=O)(=O)c1ccc(CCl)cc1F. The van der Waals surface area contributed by atoms with Crippen molar-refractivity contribution in [3.8, 4) is 0 Å². The van der Waals surface area contributed by atoms with Gasteiger partial charge in [-0.3, -0.25) is 0 Å². The minimum Gasteiger partial charge on any atom is -0.211 e. The number of benzene rings is 1. The summed E-state index contributed by atoms with van der Waals surface area (Å²) in [6.07, 6.45) is 0. The Balaban J connectivity index is 3.16. The quantitative estimate of drug-likeness (QED) is 0.831. The van der Waals surface area contributed by atoms with Crippen LogP contribution in [-0.4, -0.2) is 15.0 Å². The fourth-order valence-electron chi connectivity index (χ4n) is 1.11. The van der Waals surface area contributed by atoms with Crippen molar-refractivity contribution in [2.24, 2.45) is 0 Å². The lowest BCUT2D eigenvalue weighted by Crippen LogP contribution is -2.24. The molecule has 6 heteroatoms. The Morgan fingerprint density at radius 2 is 2.13 bits per heavy atom. The summed E-state index contributed by atoms with van der Waals surface area (Å²) in [5.41, 5.74) is 0.546. The predicted octanol–water partition coefficient (Wildman–Crippen LogP) is 1.86. The van der Waals surface area contributed by atoms with E-state index in [2.05, 4.69) is 4.72 Å². The van der Waals surface area contributed by atoms with Gasteiger partial charge in [0.1, 0.15) is 10.7 Å². The van der Waals surface area contributed by atoms with Crippen molar-refractivity contribution in [3.63, 3.8) is 0 Å². The second-order valence-corrected chi connectivity index (χ2v) is 4.90. The zero-order valence-electron chi connectivity index (χ0n) is 8.13. The van der Waals surface area contributed by atoms with Crippen LogP contribution in [0, 0.1) is 5.82 Å². The standard InChI is InChI=1S/C9H11ClFNO2S/c1-2-12-15(13,14)9-4-3-7(6-10)5-8(9)11/h3-5,12H,2,6H2,1H3. The Bertz CT molecular complexity index is 447. The molecule has 0 fully saturated rings. The van der Waals surface area contributed by atoms with Crippen molar-refractivity contribution in [1.82, 2.24) is 4.72 Å². The van der Waals surface area contributed by atoms with E-state index in [0.29, 0.717) is 5.56 Å². The van der Waals surface area contributed by atoms with Crippen LogP contribution in [0.3, 0.4) is 0 Å². The van der Waals surface area contributed by atoms with Gasteiger partial charge >= 0.3 is 0 Å². The first-order valence-electron chi connectivity index (χ1n) is 4.35. The second-order valence-electron chi connectivity index (χ2n) is 2.90. The summed E-state index contributed by atoms with van der Waals surface area (Å²) in [6.45, 7) is 1.85. The Labute approximate surface area is 93.3 Å². The Morgan fingerprint density at radius 3 is 2.60 bits per heavy atom. The highest BCUT2D eigenvalue weighted by atomic mass is 35.5. The van der Waals surface area contributed by atoms with Crippen molar-refractivity contribution in [2.45, 2.75) is 17.7 Å². The highest BCUT2D eigenvalue weighted by molar-refractivity contribution is 7.89. The van der Waals surface area contributed by atoms with E-state index < -0.39 is 15.8 Å². The summed E-state index contributed by atoms with van der Waals surface area (Å²) in [5.74, 6) is -0.632. The lowest BCUT2D eigenvalue weighted by Gasteiger charge is -2.06. The second kappa shape index (κ2) is 4.92. The van der Waals surface area contributed by atoms with Gasteiger partial charge in [0.25, 0.3) is 0 Å². The molecule has 0 radical (unpaired) electrons. The molecule has 0 heterocycles. The molecule has 84 valence electrons. The van der Waals surface area contributed by atoms with E-state index in [9.17, 15) is 12.8 Å². The molecule has 1 N–H and O–H groups in total. The molecule has 0 saturated heterocycles. The summed E-state index contributed by atoms with van der Waals surface area (Å²) < 4.78 is 38.5. The normalized spacial score (nSPS) is 11.7. The maximum Gasteiger partial charge on any atom is 0.243 e. The maximum atomic E-state index is 13.4. The third-order valence-corrected chi connectivity index (χ3v) is 3.66. The zero-order chi connectivity index (χ0) is 11.5. The number of rotatable bonds is 4. The molecule has 0 saturated carbocycles. The van der Waals surface area contributed by atoms with Crippen LogP contribution in [0.25, 0.3) is 0 Å². The molecule has 0 aliphatic rings. The van der Waals surface area contributed by atoms with E-state index in [0.717, 1.165) is 6.07 Å². The Kier molecular flexibility index (Phi) is 4.07. The van der Waals surface area contributed by atoms with Crippen LogP contribution in [0.15, 0.2) is 23.1 Å². The zero-order valence-corrected chi connectivity index (χ0v) is 9.70. The molecule has 0 atom stereocenters. The van der Waals surface area contributed by atoms with Crippen LogP contribution >= 0.6 is 11.6 Å². The number of nitrogens with one attached hydrogen (secondary N) is 1. The fraction of sp³-hybridized carbons (Fsp3) is 0.333. The molecule has 1 aromatic rings. The van der Waals surface area contributed by atoms with Gasteiger partial charge in [-0.05, 0) is 17.7 Å². The summed E-state index contributed by atoms with van der Waals surface area (Å²) in [5, 5.41) is 0. The highest BCUT2D eigenvalue weighted by Gasteiger charge is 2.17. The van der Waals surface area contributed by atoms with Crippen LogP contribution in [0.1, 0.15) is 12.5 Å².